The summed E-state index contributed by atoms with van der Waals surface area (Å²) in [5.41, 5.74) is 7.70. The molecular weight excluding hydrogens is 162 g/mol. The Bertz CT molecular complexity index is 355. The van der Waals surface area contributed by atoms with E-state index in [-0.39, 0.29) is 0 Å². The molecule has 66 valence electrons. The summed E-state index contributed by atoms with van der Waals surface area (Å²) in [7, 11) is 0. The largest absolute Gasteiger partial charge is 0.397 e. The van der Waals surface area contributed by atoms with Crippen molar-refractivity contribution in [1.82, 2.24) is 4.98 Å². The van der Waals surface area contributed by atoms with Gasteiger partial charge >= 0.3 is 0 Å². The van der Waals surface area contributed by atoms with Gasteiger partial charge < -0.3 is 5.73 Å². The summed E-state index contributed by atoms with van der Waals surface area (Å²) in [5.74, 6) is 0.362. The van der Waals surface area contributed by atoms with Gasteiger partial charge in [-0.3, -0.25) is 9.98 Å². The Labute approximate surface area is 77.0 Å². The van der Waals surface area contributed by atoms with E-state index in [0.717, 1.165) is 17.7 Å². The van der Waals surface area contributed by atoms with Gasteiger partial charge in [0.2, 0.25) is 0 Å². The number of pyridine rings is 1. The molecule has 0 spiro atoms. The molecule has 1 aliphatic rings. The summed E-state index contributed by atoms with van der Waals surface area (Å²) in [5, 5.41) is 0. The first-order valence-corrected chi connectivity index (χ1v) is 4.25. The van der Waals surface area contributed by atoms with Crippen molar-refractivity contribution in [2.75, 3.05) is 5.73 Å². The Morgan fingerprint density at radius 3 is 3.08 bits per heavy atom. The maximum atomic E-state index is 5.81. The third-order valence-corrected chi connectivity index (χ3v) is 2.16. The standard InChI is InChI=1S/C10H11N3/c11-10-7-13-6-3-9(10)8-1-4-12-5-2-8/h1,3-8H,2,11H2. The molecule has 0 bridgehead atoms. The fraction of sp³-hybridized carbons (Fsp3) is 0.200. The number of anilines is 1. The molecular formula is C10H11N3. The summed E-state index contributed by atoms with van der Waals surface area (Å²) >= 11 is 0. The van der Waals surface area contributed by atoms with E-state index < -0.39 is 0 Å². The summed E-state index contributed by atoms with van der Waals surface area (Å²) < 4.78 is 0. The Morgan fingerprint density at radius 2 is 2.38 bits per heavy atom. The number of allylic oxidation sites excluding steroid dienone is 1. The third-order valence-electron chi connectivity index (χ3n) is 2.16. The van der Waals surface area contributed by atoms with Crippen molar-refractivity contribution in [3.63, 3.8) is 0 Å². The van der Waals surface area contributed by atoms with Crippen LogP contribution in [0.3, 0.4) is 0 Å². The minimum atomic E-state index is 0.362. The second-order valence-corrected chi connectivity index (χ2v) is 3.02. The minimum absolute atomic E-state index is 0.362. The van der Waals surface area contributed by atoms with Crippen LogP contribution in [0.15, 0.2) is 35.7 Å². The van der Waals surface area contributed by atoms with Gasteiger partial charge in [-0.15, -0.1) is 0 Å². The fourth-order valence-electron chi connectivity index (χ4n) is 1.45. The van der Waals surface area contributed by atoms with Crippen LogP contribution in [0, 0.1) is 0 Å². The van der Waals surface area contributed by atoms with E-state index in [4.69, 9.17) is 5.73 Å². The zero-order valence-electron chi connectivity index (χ0n) is 7.22. The number of aromatic nitrogens is 1. The third kappa shape index (κ3) is 1.59. The second kappa shape index (κ2) is 3.39. The normalized spacial score (nSPS) is 20.5. The Kier molecular flexibility index (Phi) is 2.08. The molecule has 0 amide bonds. The first-order valence-electron chi connectivity index (χ1n) is 4.25. The summed E-state index contributed by atoms with van der Waals surface area (Å²) in [4.78, 5) is 7.98. The van der Waals surface area contributed by atoms with Crippen LogP contribution in [-0.2, 0) is 0 Å². The quantitative estimate of drug-likeness (QED) is 0.703. The van der Waals surface area contributed by atoms with E-state index in [1.807, 2.05) is 18.5 Å². The summed E-state index contributed by atoms with van der Waals surface area (Å²) in [6.45, 7) is 0. The predicted molar refractivity (Wildman–Crippen MR) is 53.6 cm³/mol. The van der Waals surface area contributed by atoms with Crippen LogP contribution in [0.5, 0.6) is 0 Å². The predicted octanol–water partition coefficient (Wildman–Crippen LogP) is 1.74. The number of hydrogen-bond acceptors (Lipinski definition) is 3. The molecule has 0 aromatic carbocycles. The number of nitrogen functional groups attached to an aromatic ring is 1. The zero-order chi connectivity index (χ0) is 9.10. The molecule has 13 heavy (non-hydrogen) atoms. The number of nitrogens with two attached hydrogens (primary N) is 1. The zero-order valence-corrected chi connectivity index (χ0v) is 7.22. The average Bonchev–Trinajstić information content (AvgIpc) is 2.20. The summed E-state index contributed by atoms with van der Waals surface area (Å²) in [6, 6.07) is 1.96. The SMILES string of the molecule is Nc1cnccc1C1C=CN=CC1. The Morgan fingerprint density at radius 1 is 1.46 bits per heavy atom. The second-order valence-electron chi connectivity index (χ2n) is 3.02. The van der Waals surface area contributed by atoms with Crippen LogP contribution in [-0.4, -0.2) is 11.2 Å². The van der Waals surface area contributed by atoms with Gasteiger partial charge in [0.15, 0.2) is 0 Å². The lowest BCUT2D eigenvalue weighted by molar-refractivity contribution is 0.887. The molecule has 1 atom stereocenters. The molecule has 0 saturated carbocycles. The van der Waals surface area contributed by atoms with Crippen molar-refractivity contribution in [1.29, 1.82) is 0 Å². The molecule has 2 N–H and O–H groups in total. The Balaban J connectivity index is 2.30. The van der Waals surface area contributed by atoms with Crippen LogP contribution in [0.25, 0.3) is 0 Å². The van der Waals surface area contributed by atoms with Crippen molar-refractivity contribution < 1.29 is 0 Å². The number of hydrogen-bond donors (Lipinski definition) is 1. The van der Waals surface area contributed by atoms with Gasteiger partial charge in [-0.25, -0.2) is 0 Å². The lowest BCUT2D eigenvalue weighted by Crippen LogP contribution is -2.03. The van der Waals surface area contributed by atoms with E-state index in [0.29, 0.717) is 5.92 Å². The monoisotopic (exact) mass is 173 g/mol. The van der Waals surface area contributed by atoms with Gasteiger partial charge in [0.1, 0.15) is 0 Å². The van der Waals surface area contributed by atoms with E-state index >= 15 is 0 Å². The number of rotatable bonds is 1. The highest BCUT2D eigenvalue weighted by Gasteiger charge is 2.11. The number of aliphatic imine (C=N–C) groups is 1. The van der Waals surface area contributed by atoms with E-state index in [1.54, 1.807) is 12.4 Å². The maximum Gasteiger partial charge on any atom is 0.0539 e. The van der Waals surface area contributed by atoms with Gasteiger partial charge in [0.25, 0.3) is 0 Å². The van der Waals surface area contributed by atoms with Crippen LogP contribution in [0.4, 0.5) is 5.69 Å². The molecule has 3 nitrogen and oxygen atoms in total. The van der Waals surface area contributed by atoms with Crippen LogP contribution >= 0.6 is 0 Å². The van der Waals surface area contributed by atoms with Crippen molar-refractivity contribution in [3.8, 4) is 0 Å². The summed E-state index contributed by atoms with van der Waals surface area (Å²) in [6.07, 6.45) is 10.2. The van der Waals surface area contributed by atoms with Crippen molar-refractivity contribution in [2.45, 2.75) is 12.3 Å². The molecule has 0 saturated heterocycles. The van der Waals surface area contributed by atoms with Crippen LogP contribution in [0.2, 0.25) is 0 Å². The molecule has 2 heterocycles. The first kappa shape index (κ1) is 7.98. The van der Waals surface area contributed by atoms with Gasteiger partial charge in [-0.2, -0.15) is 0 Å². The molecule has 1 aliphatic heterocycles. The number of nitrogens with zero attached hydrogens (tertiary/aromatic N) is 2. The van der Waals surface area contributed by atoms with Crippen LogP contribution in [0.1, 0.15) is 17.9 Å². The first-order chi connectivity index (χ1) is 6.38. The van der Waals surface area contributed by atoms with Gasteiger partial charge in [0, 0.05) is 24.5 Å². The average molecular weight is 173 g/mol. The molecule has 2 rings (SSSR count). The molecule has 1 aromatic rings. The fourth-order valence-corrected chi connectivity index (χ4v) is 1.45. The van der Waals surface area contributed by atoms with Crippen LogP contribution < -0.4 is 5.73 Å². The van der Waals surface area contributed by atoms with E-state index in [2.05, 4.69) is 16.1 Å². The van der Waals surface area contributed by atoms with E-state index in [9.17, 15) is 0 Å². The van der Waals surface area contributed by atoms with Gasteiger partial charge in [-0.05, 0) is 18.1 Å². The molecule has 1 unspecified atom stereocenters. The lowest BCUT2D eigenvalue weighted by atomic mass is 9.95. The Hall–Kier alpha value is -1.64. The van der Waals surface area contributed by atoms with Gasteiger partial charge in [0.05, 0.1) is 11.9 Å². The topological polar surface area (TPSA) is 51.3 Å². The van der Waals surface area contributed by atoms with E-state index in [1.165, 1.54) is 0 Å². The highest BCUT2D eigenvalue weighted by molar-refractivity contribution is 5.63. The molecule has 0 aliphatic carbocycles. The highest BCUT2D eigenvalue weighted by Crippen LogP contribution is 2.26. The van der Waals surface area contributed by atoms with Crippen molar-refractivity contribution >= 4 is 11.9 Å². The molecule has 1 aromatic heterocycles. The molecule has 0 radical (unpaired) electrons. The molecule has 0 fully saturated rings. The molecule has 3 heteroatoms. The smallest absolute Gasteiger partial charge is 0.0539 e. The lowest BCUT2D eigenvalue weighted by Gasteiger charge is -2.14. The highest BCUT2D eigenvalue weighted by atomic mass is 14.7. The minimum Gasteiger partial charge on any atom is -0.397 e. The van der Waals surface area contributed by atoms with Gasteiger partial charge in [-0.1, -0.05) is 6.08 Å². The van der Waals surface area contributed by atoms with Crippen molar-refractivity contribution in [2.24, 2.45) is 4.99 Å². The maximum absolute atomic E-state index is 5.81. The van der Waals surface area contributed by atoms with Crippen molar-refractivity contribution in [3.05, 3.63) is 36.3 Å².